The molecule has 0 radical (unpaired) electrons. The van der Waals surface area contributed by atoms with E-state index in [-0.39, 0.29) is 11.5 Å². The molecule has 2 aromatic carbocycles. The van der Waals surface area contributed by atoms with Gasteiger partial charge in [0.2, 0.25) is 5.69 Å². The number of hydrogen-bond acceptors (Lipinski definition) is 6. The summed E-state index contributed by atoms with van der Waals surface area (Å²) >= 11 is 0. The highest BCUT2D eigenvalue weighted by molar-refractivity contribution is 7.90. The van der Waals surface area contributed by atoms with Crippen LogP contribution in [0.1, 0.15) is 38.2 Å². The van der Waals surface area contributed by atoms with Crippen molar-refractivity contribution >= 4 is 32.2 Å². The quantitative estimate of drug-likeness (QED) is 0.244. The molecule has 7 nitrogen and oxygen atoms in total. The Morgan fingerprint density at radius 2 is 1.85 bits per heavy atom. The number of carbonyl (C=O) groups excluding carboxylic acids is 1. The van der Waals surface area contributed by atoms with E-state index in [2.05, 4.69) is 9.83 Å². The van der Waals surface area contributed by atoms with Crippen LogP contribution in [0.2, 0.25) is 0 Å². The van der Waals surface area contributed by atoms with E-state index in [4.69, 9.17) is 16.0 Å². The number of hydrogen-bond donors (Lipinski definition) is 0. The molecular formula is C26H28N2O5S. The van der Waals surface area contributed by atoms with Gasteiger partial charge in [-0.05, 0) is 55.2 Å². The van der Waals surface area contributed by atoms with Gasteiger partial charge in [0, 0.05) is 36.4 Å². The van der Waals surface area contributed by atoms with Crippen LogP contribution in [0.3, 0.4) is 0 Å². The van der Waals surface area contributed by atoms with Crippen molar-refractivity contribution in [2.45, 2.75) is 39.0 Å². The second kappa shape index (κ2) is 11.6. The first-order valence-corrected chi connectivity index (χ1v) is 13.2. The fraction of sp³-hybridized carbons (Fsp3) is 0.346. The van der Waals surface area contributed by atoms with Gasteiger partial charge < -0.3 is 9.47 Å². The molecule has 0 aliphatic heterocycles. The highest BCUT2D eigenvalue weighted by Gasteiger charge is 2.12. The van der Waals surface area contributed by atoms with Crippen molar-refractivity contribution in [1.29, 1.82) is 0 Å². The van der Waals surface area contributed by atoms with Gasteiger partial charge in [-0.25, -0.2) is 13.3 Å². The monoisotopic (exact) mass is 480 g/mol. The molecule has 178 valence electrons. The number of pyridine rings is 1. The van der Waals surface area contributed by atoms with Crippen LogP contribution >= 0.6 is 0 Å². The summed E-state index contributed by atoms with van der Waals surface area (Å²) in [4.78, 5) is 20.2. The Morgan fingerprint density at radius 1 is 1.09 bits per heavy atom. The molecule has 0 fully saturated rings. The number of ketones is 1. The molecule has 1 heterocycles. The summed E-state index contributed by atoms with van der Waals surface area (Å²) in [5.41, 5.74) is 1.95. The smallest absolute Gasteiger partial charge is 0.229 e. The van der Waals surface area contributed by atoms with E-state index >= 15 is 0 Å². The van der Waals surface area contributed by atoms with Gasteiger partial charge in [-0.2, -0.15) is 0 Å². The van der Waals surface area contributed by atoms with Gasteiger partial charge >= 0.3 is 0 Å². The summed E-state index contributed by atoms with van der Waals surface area (Å²) < 4.78 is 34.1. The van der Waals surface area contributed by atoms with Crippen molar-refractivity contribution in [2.75, 3.05) is 18.6 Å². The highest BCUT2D eigenvalue weighted by Crippen LogP contribution is 2.37. The number of benzene rings is 2. The lowest BCUT2D eigenvalue weighted by molar-refractivity contribution is -0.118. The molecule has 0 aliphatic carbocycles. The Kier molecular flexibility index (Phi) is 8.61. The van der Waals surface area contributed by atoms with Gasteiger partial charge in [-0.1, -0.05) is 19.1 Å². The number of fused-ring (bicyclic) bond motifs is 1. The number of aromatic nitrogens is 1. The minimum absolute atomic E-state index is 0.0788. The van der Waals surface area contributed by atoms with E-state index in [1.165, 1.54) is 6.26 Å². The van der Waals surface area contributed by atoms with Crippen molar-refractivity contribution in [3.8, 4) is 17.2 Å². The topological polar surface area (TPSA) is 86.9 Å². The highest BCUT2D eigenvalue weighted by atomic mass is 32.2. The van der Waals surface area contributed by atoms with E-state index < -0.39 is 9.84 Å². The predicted octanol–water partition coefficient (Wildman–Crippen LogP) is 5.69. The van der Waals surface area contributed by atoms with Gasteiger partial charge in [0.15, 0.2) is 0 Å². The average molecular weight is 481 g/mol. The molecule has 0 spiro atoms. The molecule has 34 heavy (non-hydrogen) atoms. The zero-order valence-electron chi connectivity index (χ0n) is 19.4. The number of unbranched alkanes of at least 4 members (excludes halogenated alkanes) is 1. The molecule has 0 aliphatic rings. The Morgan fingerprint density at radius 3 is 2.53 bits per heavy atom. The number of sulfone groups is 1. The number of nitrogens with zero attached hydrogens (tertiary/aromatic N) is 2. The summed E-state index contributed by atoms with van der Waals surface area (Å²) in [5.74, 6) is 1.88. The second-order valence-corrected chi connectivity index (χ2v) is 10.4. The SMILES string of the molecule is [C-]#[N+]c1cc2c(Oc3ccc(CC(=O)CCCCS(C)(=O)=O)cc3)ccnc2cc1OCCC. The maximum absolute atomic E-state index is 12.2. The van der Waals surface area contributed by atoms with Gasteiger partial charge in [0.25, 0.3) is 0 Å². The minimum atomic E-state index is -2.99. The lowest BCUT2D eigenvalue weighted by Gasteiger charge is -2.12. The lowest BCUT2D eigenvalue weighted by Crippen LogP contribution is -2.06. The second-order valence-electron chi connectivity index (χ2n) is 8.15. The summed E-state index contributed by atoms with van der Waals surface area (Å²) in [6.45, 7) is 10.0. The third kappa shape index (κ3) is 7.29. The van der Waals surface area contributed by atoms with Crippen LogP contribution < -0.4 is 9.47 Å². The predicted molar refractivity (Wildman–Crippen MR) is 133 cm³/mol. The van der Waals surface area contributed by atoms with Gasteiger partial charge in [-0.15, -0.1) is 0 Å². The van der Waals surface area contributed by atoms with Crippen molar-refractivity contribution in [3.63, 3.8) is 0 Å². The van der Waals surface area contributed by atoms with Crippen molar-refractivity contribution in [2.24, 2.45) is 0 Å². The fourth-order valence-corrected chi connectivity index (χ4v) is 4.17. The van der Waals surface area contributed by atoms with Crippen molar-refractivity contribution in [1.82, 2.24) is 4.98 Å². The molecule has 0 saturated heterocycles. The summed E-state index contributed by atoms with van der Waals surface area (Å²) in [7, 11) is -2.99. The third-order valence-corrected chi connectivity index (χ3v) is 6.17. The largest absolute Gasteiger partial charge is 0.505 e. The Balaban J connectivity index is 1.66. The molecule has 3 aromatic rings. The van der Waals surface area contributed by atoms with Gasteiger partial charge in [0.1, 0.15) is 32.9 Å². The number of rotatable bonds is 12. The normalized spacial score (nSPS) is 11.2. The van der Waals surface area contributed by atoms with Crippen molar-refractivity contribution < 1.29 is 22.7 Å². The Bertz CT molecular complexity index is 1300. The van der Waals surface area contributed by atoms with Crippen molar-refractivity contribution in [3.05, 3.63) is 65.6 Å². The Hall–Kier alpha value is -3.44. The molecule has 8 heteroatoms. The average Bonchev–Trinajstić information content (AvgIpc) is 2.80. The van der Waals surface area contributed by atoms with Gasteiger partial charge in [0.05, 0.1) is 18.7 Å². The first-order chi connectivity index (χ1) is 16.3. The molecular weight excluding hydrogens is 452 g/mol. The summed E-state index contributed by atoms with van der Waals surface area (Å²) in [5, 5.41) is 0.714. The fourth-order valence-electron chi connectivity index (χ4n) is 3.45. The number of Topliss-reactive ketones (excluding diaryl/α,β-unsaturated/α-hetero) is 1. The first-order valence-electron chi connectivity index (χ1n) is 11.2. The number of carbonyl (C=O) groups is 1. The molecule has 3 rings (SSSR count). The lowest BCUT2D eigenvalue weighted by atomic mass is 10.1. The standard InChI is InChI=1S/C26H28N2O5S/c1-4-14-32-26-18-23-22(17-24(26)27-2)25(12-13-28-23)33-21-10-8-19(9-11-21)16-20(29)7-5-6-15-34(3,30)31/h8-13,17-18H,4-7,14-16H2,1,3H3. The molecule has 0 amide bonds. The molecule has 0 unspecified atom stereocenters. The molecule has 0 N–H and O–H groups in total. The minimum Gasteiger partial charge on any atom is -0.505 e. The zero-order valence-corrected chi connectivity index (χ0v) is 20.2. The van der Waals surface area contributed by atoms with E-state index in [1.807, 2.05) is 19.1 Å². The van der Waals surface area contributed by atoms with E-state index in [0.717, 1.165) is 12.0 Å². The summed E-state index contributed by atoms with van der Waals surface area (Å²) in [6.07, 6.45) is 5.43. The van der Waals surface area contributed by atoms with Crippen LogP contribution in [0, 0.1) is 6.57 Å². The van der Waals surface area contributed by atoms with Crippen LogP contribution in [0.4, 0.5) is 5.69 Å². The third-order valence-electron chi connectivity index (χ3n) is 5.14. The number of ether oxygens (including phenoxy) is 2. The molecule has 1 aromatic heterocycles. The zero-order chi connectivity index (χ0) is 24.6. The molecule has 0 bridgehead atoms. The van der Waals surface area contributed by atoms with E-state index in [1.54, 1.807) is 36.5 Å². The van der Waals surface area contributed by atoms with Crippen LogP contribution in [0.15, 0.2) is 48.7 Å². The first kappa shape index (κ1) is 25.2. The van der Waals surface area contributed by atoms with Crippen LogP contribution in [-0.2, 0) is 21.1 Å². The van der Waals surface area contributed by atoms with Crippen LogP contribution in [0.25, 0.3) is 15.7 Å². The molecule has 0 saturated carbocycles. The van der Waals surface area contributed by atoms with E-state index in [9.17, 15) is 13.2 Å². The Labute approximate surface area is 200 Å². The van der Waals surface area contributed by atoms with Crippen LogP contribution in [0.5, 0.6) is 17.2 Å². The van der Waals surface area contributed by atoms with E-state index in [0.29, 0.717) is 66.1 Å². The van der Waals surface area contributed by atoms with Crippen LogP contribution in [-0.4, -0.2) is 37.8 Å². The van der Waals surface area contributed by atoms with Gasteiger partial charge in [-0.3, -0.25) is 9.78 Å². The maximum atomic E-state index is 12.2. The summed E-state index contributed by atoms with van der Waals surface area (Å²) in [6, 6.07) is 12.5. The maximum Gasteiger partial charge on any atom is 0.229 e. The molecule has 0 atom stereocenters.